The van der Waals surface area contributed by atoms with E-state index in [9.17, 15) is 0 Å². The maximum Gasteiger partial charge on any atom is 0.162 e. The monoisotopic (exact) mass is 313 g/mol. The maximum atomic E-state index is 5.64. The van der Waals surface area contributed by atoms with E-state index in [2.05, 4.69) is 46.4 Å². The van der Waals surface area contributed by atoms with Crippen LogP contribution >= 0.6 is 15.9 Å². The van der Waals surface area contributed by atoms with Crippen molar-refractivity contribution in [2.75, 3.05) is 13.2 Å². The van der Waals surface area contributed by atoms with E-state index in [-0.39, 0.29) is 12.1 Å². The average Bonchev–Trinajstić information content (AvgIpc) is 2.32. The fourth-order valence-corrected chi connectivity index (χ4v) is 2.43. The Morgan fingerprint density at radius 3 is 2.61 bits per heavy atom. The first kappa shape index (κ1) is 14.0. The highest BCUT2D eigenvalue weighted by Crippen LogP contribution is 2.21. The van der Waals surface area contributed by atoms with E-state index in [1.807, 2.05) is 19.9 Å². The number of nitrogens with one attached hydrogen (secondary N) is 1. The van der Waals surface area contributed by atoms with Crippen LogP contribution < -0.4 is 5.32 Å². The zero-order valence-electron chi connectivity index (χ0n) is 11.1. The summed E-state index contributed by atoms with van der Waals surface area (Å²) in [4.78, 5) is 0. The van der Waals surface area contributed by atoms with Crippen molar-refractivity contribution in [1.29, 1.82) is 0 Å². The summed E-state index contributed by atoms with van der Waals surface area (Å²) < 4.78 is 12.4. The highest BCUT2D eigenvalue weighted by Gasteiger charge is 2.28. The second-order valence-corrected chi connectivity index (χ2v) is 6.08. The van der Waals surface area contributed by atoms with Gasteiger partial charge in [-0.3, -0.25) is 0 Å². The quantitative estimate of drug-likeness (QED) is 0.929. The first-order valence-electron chi connectivity index (χ1n) is 6.26. The van der Waals surface area contributed by atoms with Crippen molar-refractivity contribution >= 4 is 15.9 Å². The Morgan fingerprint density at radius 1 is 1.33 bits per heavy atom. The molecule has 0 aliphatic carbocycles. The van der Waals surface area contributed by atoms with E-state index in [0.717, 1.165) is 4.47 Å². The van der Waals surface area contributed by atoms with Gasteiger partial charge in [-0.15, -0.1) is 0 Å². The summed E-state index contributed by atoms with van der Waals surface area (Å²) in [6, 6.07) is 8.86. The molecule has 0 aromatic heterocycles. The molecule has 1 heterocycles. The van der Waals surface area contributed by atoms with Crippen LogP contribution in [0.4, 0.5) is 0 Å². The lowest BCUT2D eigenvalue weighted by molar-refractivity contribution is -0.253. The normalized spacial score (nSPS) is 21.8. The molecule has 18 heavy (non-hydrogen) atoms. The molecule has 1 saturated heterocycles. The summed E-state index contributed by atoms with van der Waals surface area (Å²) in [6.07, 6.45) is 0. The van der Waals surface area contributed by atoms with Crippen molar-refractivity contribution < 1.29 is 9.47 Å². The minimum atomic E-state index is -0.447. The molecule has 4 heteroatoms. The Hall–Kier alpha value is -0.420. The molecule has 0 saturated carbocycles. The lowest BCUT2D eigenvalue weighted by Gasteiger charge is -2.36. The molecule has 0 bridgehead atoms. The highest BCUT2D eigenvalue weighted by atomic mass is 79.9. The van der Waals surface area contributed by atoms with Gasteiger partial charge in [-0.25, -0.2) is 0 Å². The van der Waals surface area contributed by atoms with Gasteiger partial charge in [0, 0.05) is 10.5 Å². The molecule has 0 spiro atoms. The van der Waals surface area contributed by atoms with Crippen LogP contribution in [0.2, 0.25) is 0 Å². The molecule has 1 aromatic rings. The summed E-state index contributed by atoms with van der Waals surface area (Å²) in [7, 11) is 0. The van der Waals surface area contributed by atoms with Gasteiger partial charge in [0.25, 0.3) is 0 Å². The minimum Gasteiger partial charge on any atom is -0.349 e. The average molecular weight is 314 g/mol. The third-order valence-electron chi connectivity index (χ3n) is 3.10. The predicted octanol–water partition coefficient (Wildman–Crippen LogP) is 3.25. The SMILES string of the molecule is C[C@@H](NC1COC(C)(C)OC1)c1cccc(Br)c1. The van der Waals surface area contributed by atoms with E-state index in [4.69, 9.17) is 9.47 Å². The molecule has 0 radical (unpaired) electrons. The fraction of sp³-hybridized carbons (Fsp3) is 0.571. The van der Waals surface area contributed by atoms with Crippen LogP contribution in [0.1, 0.15) is 32.4 Å². The van der Waals surface area contributed by atoms with Crippen LogP contribution in [-0.4, -0.2) is 25.0 Å². The molecule has 1 aliphatic rings. The smallest absolute Gasteiger partial charge is 0.162 e. The molecule has 1 N–H and O–H groups in total. The van der Waals surface area contributed by atoms with Crippen LogP contribution in [0.5, 0.6) is 0 Å². The molecule has 100 valence electrons. The molecular formula is C14H20BrNO2. The van der Waals surface area contributed by atoms with E-state index < -0.39 is 5.79 Å². The zero-order valence-corrected chi connectivity index (χ0v) is 12.7. The van der Waals surface area contributed by atoms with E-state index in [0.29, 0.717) is 13.2 Å². The number of ether oxygens (including phenoxy) is 2. The number of halogens is 1. The van der Waals surface area contributed by atoms with Gasteiger partial charge in [-0.1, -0.05) is 28.1 Å². The van der Waals surface area contributed by atoms with Gasteiger partial charge in [-0.2, -0.15) is 0 Å². The Balaban J connectivity index is 1.90. The van der Waals surface area contributed by atoms with Crippen molar-refractivity contribution in [1.82, 2.24) is 5.32 Å². The summed E-state index contributed by atoms with van der Waals surface area (Å²) in [5, 5.41) is 3.53. The van der Waals surface area contributed by atoms with Crippen molar-refractivity contribution in [2.45, 2.75) is 38.6 Å². The fourth-order valence-electron chi connectivity index (χ4n) is 2.01. The Bertz CT molecular complexity index is 399. The Kier molecular flexibility index (Phi) is 4.43. The van der Waals surface area contributed by atoms with Crippen molar-refractivity contribution in [3.63, 3.8) is 0 Å². The second-order valence-electron chi connectivity index (χ2n) is 5.16. The Morgan fingerprint density at radius 2 is 2.00 bits per heavy atom. The number of hydrogen-bond donors (Lipinski definition) is 1. The minimum absolute atomic E-state index is 0.243. The lowest BCUT2D eigenvalue weighted by Crippen LogP contribution is -2.49. The Labute approximate surface area is 117 Å². The largest absolute Gasteiger partial charge is 0.349 e. The van der Waals surface area contributed by atoms with Gasteiger partial charge in [0.2, 0.25) is 0 Å². The first-order chi connectivity index (χ1) is 8.46. The van der Waals surface area contributed by atoms with E-state index in [1.165, 1.54) is 5.56 Å². The van der Waals surface area contributed by atoms with Gasteiger partial charge < -0.3 is 14.8 Å². The lowest BCUT2D eigenvalue weighted by atomic mass is 10.1. The number of benzene rings is 1. The standard InChI is InChI=1S/C14H20BrNO2/c1-10(11-5-4-6-12(15)7-11)16-13-8-17-14(2,3)18-9-13/h4-7,10,13,16H,8-9H2,1-3H3/t10-/m1/s1. The van der Waals surface area contributed by atoms with Crippen LogP contribution in [0.25, 0.3) is 0 Å². The van der Waals surface area contributed by atoms with Gasteiger partial charge in [0.05, 0.1) is 19.3 Å². The van der Waals surface area contributed by atoms with Gasteiger partial charge >= 0.3 is 0 Å². The van der Waals surface area contributed by atoms with Crippen LogP contribution in [0.15, 0.2) is 28.7 Å². The molecule has 1 fully saturated rings. The van der Waals surface area contributed by atoms with Gasteiger partial charge in [0.1, 0.15) is 0 Å². The summed E-state index contributed by atoms with van der Waals surface area (Å²) in [6.45, 7) is 7.42. The third-order valence-corrected chi connectivity index (χ3v) is 3.59. The van der Waals surface area contributed by atoms with Crippen molar-refractivity contribution in [3.8, 4) is 0 Å². The molecular weight excluding hydrogens is 294 g/mol. The topological polar surface area (TPSA) is 30.5 Å². The number of rotatable bonds is 3. The molecule has 1 atom stereocenters. The van der Waals surface area contributed by atoms with Crippen LogP contribution in [0.3, 0.4) is 0 Å². The molecule has 0 unspecified atom stereocenters. The van der Waals surface area contributed by atoms with E-state index in [1.54, 1.807) is 0 Å². The predicted molar refractivity (Wildman–Crippen MR) is 75.5 cm³/mol. The van der Waals surface area contributed by atoms with Crippen LogP contribution in [0, 0.1) is 0 Å². The highest BCUT2D eigenvalue weighted by molar-refractivity contribution is 9.10. The molecule has 0 amide bonds. The maximum absolute atomic E-state index is 5.64. The molecule has 1 aliphatic heterocycles. The molecule has 1 aromatic carbocycles. The summed E-state index contributed by atoms with van der Waals surface area (Å²) in [5.74, 6) is -0.447. The summed E-state index contributed by atoms with van der Waals surface area (Å²) in [5.41, 5.74) is 1.26. The molecule has 3 nitrogen and oxygen atoms in total. The second kappa shape index (κ2) is 5.70. The molecule has 2 rings (SSSR count). The van der Waals surface area contributed by atoms with Crippen LogP contribution in [-0.2, 0) is 9.47 Å². The third kappa shape index (κ3) is 3.79. The van der Waals surface area contributed by atoms with Gasteiger partial charge in [-0.05, 0) is 38.5 Å². The summed E-state index contributed by atoms with van der Waals surface area (Å²) >= 11 is 3.49. The zero-order chi connectivity index (χ0) is 13.2. The van der Waals surface area contributed by atoms with E-state index >= 15 is 0 Å². The van der Waals surface area contributed by atoms with Crippen molar-refractivity contribution in [2.24, 2.45) is 0 Å². The number of hydrogen-bond acceptors (Lipinski definition) is 3. The first-order valence-corrected chi connectivity index (χ1v) is 7.05. The van der Waals surface area contributed by atoms with Crippen molar-refractivity contribution in [3.05, 3.63) is 34.3 Å². The van der Waals surface area contributed by atoms with Gasteiger partial charge in [0.15, 0.2) is 5.79 Å².